The third-order valence-electron chi connectivity index (χ3n) is 4.37. The van der Waals surface area contributed by atoms with E-state index in [0.717, 1.165) is 18.4 Å². The molecule has 0 aromatic heterocycles. The molecule has 0 unspecified atom stereocenters. The van der Waals surface area contributed by atoms with Gasteiger partial charge >= 0.3 is 177 Å². The molecule has 2 aromatic carbocycles. The summed E-state index contributed by atoms with van der Waals surface area (Å²) in [6.45, 7) is 4.14. The van der Waals surface area contributed by atoms with Gasteiger partial charge in [-0.2, -0.15) is 0 Å². The van der Waals surface area contributed by atoms with E-state index in [9.17, 15) is 8.42 Å². The summed E-state index contributed by atoms with van der Waals surface area (Å²) in [7, 11) is -3.79. The van der Waals surface area contributed by atoms with Crippen LogP contribution in [0.2, 0.25) is 0 Å². The van der Waals surface area contributed by atoms with Crippen LogP contribution in [0.25, 0.3) is 0 Å². The molecule has 152 valence electrons. The zero-order valence-corrected chi connectivity index (χ0v) is 19.3. The van der Waals surface area contributed by atoms with Crippen molar-refractivity contribution in [1.82, 2.24) is 0 Å². The van der Waals surface area contributed by atoms with E-state index in [1.54, 1.807) is 24.3 Å². The molecule has 0 aliphatic heterocycles. The summed E-state index contributed by atoms with van der Waals surface area (Å²) >= 11 is 0.0433. The minimum absolute atomic E-state index is 0.0433. The predicted molar refractivity (Wildman–Crippen MR) is 117 cm³/mol. The number of hydrogen-bond acceptors (Lipinski definition) is 3. The van der Waals surface area contributed by atoms with Crippen LogP contribution in [0.15, 0.2) is 70.2 Å². The molecule has 2 rings (SSSR count). The Labute approximate surface area is 176 Å². The van der Waals surface area contributed by atoms with Gasteiger partial charge in [-0.3, -0.25) is 0 Å². The third-order valence-corrected chi connectivity index (χ3v) is 7.60. The fourth-order valence-electron chi connectivity index (χ4n) is 2.73. The maximum absolute atomic E-state index is 12.7. The fourth-order valence-corrected chi connectivity index (χ4v) is 5.41. The van der Waals surface area contributed by atoms with Crippen LogP contribution in [-0.2, 0) is 14.3 Å². The maximum atomic E-state index is 12.7. The number of benzene rings is 2. The van der Waals surface area contributed by atoms with Crippen molar-refractivity contribution in [2.75, 3.05) is 0 Å². The van der Waals surface area contributed by atoms with Crippen molar-refractivity contribution in [3.8, 4) is 0 Å². The predicted octanol–water partition coefficient (Wildman–Crippen LogP) is 5.32. The first-order valence-corrected chi connectivity index (χ1v) is 13.2. The van der Waals surface area contributed by atoms with E-state index in [2.05, 4.69) is 19.1 Å². The standard InChI is InChI=1S/C23H30O3SSe/c1-3-4-5-6-7-9-12-21(19-28-23-13-10-8-11-14-23)26-27(24,25)22-17-15-20(2)16-18-22/h8,10-11,13-19H,3-7,9,12H2,1-2H3/b21-19+. The Bertz CT molecular complexity index is 828. The van der Waals surface area contributed by atoms with Crippen LogP contribution < -0.4 is 4.46 Å². The second-order valence-electron chi connectivity index (χ2n) is 6.88. The summed E-state index contributed by atoms with van der Waals surface area (Å²) in [6.07, 6.45) is 7.63. The molecule has 0 spiro atoms. The van der Waals surface area contributed by atoms with E-state index in [4.69, 9.17) is 4.18 Å². The van der Waals surface area contributed by atoms with Crippen LogP contribution in [0.4, 0.5) is 0 Å². The molecule has 0 fully saturated rings. The Balaban J connectivity index is 2.04. The van der Waals surface area contributed by atoms with E-state index < -0.39 is 10.1 Å². The average Bonchev–Trinajstić information content (AvgIpc) is 2.69. The minimum atomic E-state index is -3.79. The van der Waals surface area contributed by atoms with Crippen LogP contribution in [0.5, 0.6) is 0 Å². The number of allylic oxidation sites excluding steroid dienone is 1. The summed E-state index contributed by atoms with van der Waals surface area (Å²) in [4.78, 5) is 2.18. The van der Waals surface area contributed by atoms with Gasteiger partial charge in [-0.1, -0.05) is 0 Å². The van der Waals surface area contributed by atoms with Gasteiger partial charge in [0.15, 0.2) is 0 Å². The number of unbranched alkanes of at least 4 members (excludes halogenated alkanes) is 5. The molecule has 0 N–H and O–H groups in total. The van der Waals surface area contributed by atoms with Crippen LogP contribution in [0.3, 0.4) is 0 Å². The normalized spacial score (nSPS) is 12.1. The van der Waals surface area contributed by atoms with Crippen molar-refractivity contribution in [1.29, 1.82) is 0 Å². The van der Waals surface area contributed by atoms with Crippen molar-refractivity contribution in [3.63, 3.8) is 0 Å². The van der Waals surface area contributed by atoms with E-state index in [1.165, 1.54) is 30.1 Å². The van der Waals surface area contributed by atoms with Crippen molar-refractivity contribution >= 4 is 29.5 Å². The summed E-state index contributed by atoms with van der Waals surface area (Å²) in [6, 6.07) is 16.9. The molecule has 5 heteroatoms. The molecule has 0 aliphatic carbocycles. The van der Waals surface area contributed by atoms with Crippen LogP contribution in [-0.4, -0.2) is 23.4 Å². The van der Waals surface area contributed by atoms with Gasteiger partial charge in [-0.05, 0) is 0 Å². The Hall–Kier alpha value is -1.55. The third kappa shape index (κ3) is 8.22. The van der Waals surface area contributed by atoms with Crippen molar-refractivity contribution in [3.05, 3.63) is 70.9 Å². The molecule has 0 saturated carbocycles. The van der Waals surface area contributed by atoms with Gasteiger partial charge in [-0.15, -0.1) is 0 Å². The summed E-state index contributed by atoms with van der Waals surface area (Å²) < 4.78 is 32.1. The van der Waals surface area contributed by atoms with Crippen LogP contribution in [0.1, 0.15) is 57.4 Å². The second kappa shape index (κ2) is 12.1. The Kier molecular flexibility index (Phi) is 9.83. The summed E-state index contributed by atoms with van der Waals surface area (Å²) in [5.74, 6) is 0.569. The van der Waals surface area contributed by atoms with Gasteiger partial charge in [0, 0.05) is 0 Å². The molecule has 0 heterocycles. The van der Waals surface area contributed by atoms with Gasteiger partial charge in [-0.25, -0.2) is 0 Å². The molecule has 3 nitrogen and oxygen atoms in total. The average molecular weight is 466 g/mol. The first-order chi connectivity index (χ1) is 13.5. The first-order valence-electron chi connectivity index (χ1n) is 9.93. The van der Waals surface area contributed by atoms with Gasteiger partial charge in [0.1, 0.15) is 0 Å². The van der Waals surface area contributed by atoms with Gasteiger partial charge < -0.3 is 0 Å². The second-order valence-corrected chi connectivity index (χ2v) is 10.4. The number of rotatable bonds is 12. The summed E-state index contributed by atoms with van der Waals surface area (Å²) in [5, 5.41) is 0. The topological polar surface area (TPSA) is 43.4 Å². The van der Waals surface area contributed by atoms with Crippen molar-refractivity contribution in [2.24, 2.45) is 0 Å². The van der Waals surface area contributed by atoms with Crippen LogP contribution >= 0.6 is 0 Å². The molecular weight excluding hydrogens is 435 g/mol. The number of hydrogen-bond donors (Lipinski definition) is 0. The Morgan fingerprint density at radius 1 is 0.929 bits per heavy atom. The SMILES string of the molecule is CCCCCCCC/C(=C\[Se]c1ccccc1)OS(=O)(=O)c1ccc(C)cc1. The molecule has 2 aromatic rings. The molecule has 0 radical (unpaired) electrons. The van der Waals surface area contributed by atoms with Gasteiger partial charge in [0.05, 0.1) is 0 Å². The molecule has 0 aliphatic rings. The van der Waals surface area contributed by atoms with Gasteiger partial charge in [0.2, 0.25) is 0 Å². The zero-order valence-electron chi connectivity index (χ0n) is 16.8. The van der Waals surface area contributed by atoms with Gasteiger partial charge in [0.25, 0.3) is 0 Å². The van der Waals surface area contributed by atoms with Crippen LogP contribution in [0, 0.1) is 6.92 Å². The van der Waals surface area contributed by atoms with E-state index in [1.807, 2.05) is 30.1 Å². The summed E-state index contributed by atoms with van der Waals surface area (Å²) in [5.41, 5.74) is 1.02. The fraction of sp³-hybridized carbons (Fsp3) is 0.391. The van der Waals surface area contributed by atoms with Crippen molar-refractivity contribution < 1.29 is 12.6 Å². The van der Waals surface area contributed by atoms with E-state index in [-0.39, 0.29) is 19.9 Å². The first kappa shape index (κ1) is 22.7. The molecule has 0 saturated heterocycles. The quantitative estimate of drug-likeness (QED) is 0.184. The van der Waals surface area contributed by atoms with E-state index in [0.29, 0.717) is 12.2 Å². The molecule has 0 amide bonds. The Morgan fingerprint density at radius 2 is 1.57 bits per heavy atom. The number of aryl methyl sites for hydroxylation is 1. The monoisotopic (exact) mass is 466 g/mol. The van der Waals surface area contributed by atoms with Crippen molar-refractivity contribution in [2.45, 2.75) is 63.7 Å². The molecule has 0 atom stereocenters. The Morgan fingerprint density at radius 3 is 2.25 bits per heavy atom. The molecule has 0 bridgehead atoms. The molecule has 28 heavy (non-hydrogen) atoms. The molecular formula is C23H30O3SSe. The zero-order chi connectivity index (χ0) is 20.2. The van der Waals surface area contributed by atoms with E-state index >= 15 is 0 Å².